The largest absolute Gasteiger partial charge is 0.444 e. The van der Waals surface area contributed by atoms with Gasteiger partial charge in [0.25, 0.3) is 0 Å². The second-order valence-corrected chi connectivity index (χ2v) is 9.41. The number of amides is 1. The Morgan fingerprint density at radius 3 is 2.27 bits per heavy atom. The van der Waals surface area contributed by atoms with Crippen molar-refractivity contribution in [1.82, 2.24) is 5.32 Å². The fourth-order valence-corrected chi connectivity index (χ4v) is 3.78. The standard InChI is InChI=1S/C18H32BNO2/c1-16(2,3)22-15(21)20-14-9-8-13(10-14)19-11-17(4,5)18(6,7)12-19/h10,14H,8-9,11-12H2,1-7H3,(H,20,21). The van der Waals surface area contributed by atoms with E-state index in [1.54, 1.807) is 5.47 Å². The summed E-state index contributed by atoms with van der Waals surface area (Å²) >= 11 is 0. The Balaban J connectivity index is 1.95. The first kappa shape index (κ1) is 17.4. The fourth-order valence-electron chi connectivity index (χ4n) is 3.78. The van der Waals surface area contributed by atoms with Crippen molar-refractivity contribution < 1.29 is 9.53 Å². The van der Waals surface area contributed by atoms with Gasteiger partial charge in [-0.2, -0.15) is 0 Å². The van der Waals surface area contributed by atoms with Gasteiger partial charge in [-0.3, -0.25) is 0 Å². The van der Waals surface area contributed by atoms with Crippen LogP contribution in [0.2, 0.25) is 12.6 Å². The molecule has 1 heterocycles. The van der Waals surface area contributed by atoms with E-state index in [-0.39, 0.29) is 12.1 Å². The molecule has 0 aromatic carbocycles. The maximum Gasteiger partial charge on any atom is 0.408 e. The monoisotopic (exact) mass is 305 g/mol. The molecule has 2 rings (SSSR count). The highest BCUT2D eigenvalue weighted by atomic mass is 16.6. The average Bonchev–Trinajstić information content (AvgIpc) is 2.79. The maximum atomic E-state index is 11.9. The van der Waals surface area contributed by atoms with Crippen molar-refractivity contribution in [1.29, 1.82) is 0 Å². The second kappa shape index (κ2) is 5.61. The van der Waals surface area contributed by atoms with Gasteiger partial charge in [0.05, 0.1) is 6.04 Å². The molecule has 0 bridgehead atoms. The molecule has 124 valence electrons. The summed E-state index contributed by atoms with van der Waals surface area (Å²) in [6, 6.07) is 0.136. The first-order valence-corrected chi connectivity index (χ1v) is 8.60. The summed E-state index contributed by atoms with van der Waals surface area (Å²) in [5.74, 6) is 0. The number of allylic oxidation sites excluding steroid dienone is 1. The predicted molar refractivity (Wildman–Crippen MR) is 93.4 cm³/mol. The molecule has 1 unspecified atom stereocenters. The summed E-state index contributed by atoms with van der Waals surface area (Å²) in [6.45, 7) is 15.9. The van der Waals surface area contributed by atoms with Crippen LogP contribution in [0.3, 0.4) is 0 Å². The number of hydrogen-bond acceptors (Lipinski definition) is 2. The summed E-state index contributed by atoms with van der Waals surface area (Å²) in [7, 11) is 0. The summed E-state index contributed by atoms with van der Waals surface area (Å²) in [5.41, 5.74) is 1.87. The molecule has 1 aliphatic carbocycles. The molecule has 0 spiro atoms. The Hall–Kier alpha value is -0.925. The van der Waals surface area contributed by atoms with Gasteiger partial charge in [0, 0.05) is 0 Å². The van der Waals surface area contributed by atoms with Crippen molar-refractivity contribution >= 4 is 12.8 Å². The number of hydrogen-bond donors (Lipinski definition) is 1. The Kier molecular flexibility index (Phi) is 4.45. The van der Waals surface area contributed by atoms with Gasteiger partial charge >= 0.3 is 6.09 Å². The Morgan fingerprint density at radius 1 is 1.23 bits per heavy atom. The molecule has 1 atom stereocenters. The highest BCUT2D eigenvalue weighted by molar-refractivity contribution is 6.68. The highest BCUT2D eigenvalue weighted by Crippen LogP contribution is 2.54. The van der Waals surface area contributed by atoms with Crippen LogP contribution in [0.4, 0.5) is 4.79 Å². The summed E-state index contributed by atoms with van der Waals surface area (Å²) < 4.78 is 5.35. The molecule has 1 aliphatic heterocycles. The molecule has 1 amide bonds. The van der Waals surface area contributed by atoms with E-state index in [0.717, 1.165) is 12.8 Å². The lowest BCUT2D eigenvalue weighted by Crippen LogP contribution is -2.37. The average molecular weight is 305 g/mol. The van der Waals surface area contributed by atoms with E-state index in [1.807, 2.05) is 20.8 Å². The third-order valence-corrected chi connectivity index (χ3v) is 5.73. The topological polar surface area (TPSA) is 38.3 Å². The van der Waals surface area contributed by atoms with E-state index in [1.165, 1.54) is 12.6 Å². The zero-order valence-corrected chi connectivity index (χ0v) is 15.4. The smallest absolute Gasteiger partial charge is 0.408 e. The summed E-state index contributed by atoms with van der Waals surface area (Å²) in [4.78, 5) is 11.9. The Bertz CT molecular complexity index is 458. The molecule has 0 saturated carbocycles. The van der Waals surface area contributed by atoms with Crippen LogP contribution in [-0.2, 0) is 4.74 Å². The summed E-state index contributed by atoms with van der Waals surface area (Å²) in [5, 5.41) is 2.99. The van der Waals surface area contributed by atoms with Crippen LogP contribution < -0.4 is 5.32 Å². The third-order valence-electron chi connectivity index (χ3n) is 5.73. The van der Waals surface area contributed by atoms with E-state index in [9.17, 15) is 4.79 Å². The Labute approximate surface area is 136 Å². The molecule has 2 aliphatic rings. The maximum absolute atomic E-state index is 11.9. The molecular weight excluding hydrogens is 273 g/mol. The third kappa shape index (κ3) is 3.88. The van der Waals surface area contributed by atoms with Gasteiger partial charge in [0.15, 0.2) is 6.71 Å². The molecule has 22 heavy (non-hydrogen) atoms. The molecule has 0 radical (unpaired) electrons. The Morgan fingerprint density at radius 2 is 1.77 bits per heavy atom. The first-order valence-electron chi connectivity index (χ1n) is 8.60. The van der Waals surface area contributed by atoms with Crippen molar-refractivity contribution in [3.63, 3.8) is 0 Å². The van der Waals surface area contributed by atoms with E-state index < -0.39 is 5.60 Å². The molecule has 1 saturated heterocycles. The van der Waals surface area contributed by atoms with Crippen LogP contribution in [0.15, 0.2) is 11.5 Å². The molecule has 1 N–H and O–H groups in total. The van der Waals surface area contributed by atoms with Crippen LogP contribution in [0, 0.1) is 10.8 Å². The van der Waals surface area contributed by atoms with Gasteiger partial charge in [-0.1, -0.05) is 46.4 Å². The van der Waals surface area contributed by atoms with Gasteiger partial charge in [0.1, 0.15) is 5.60 Å². The normalized spacial score (nSPS) is 26.8. The quantitative estimate of drug-likeness (QED) is 0.751. The van der Waals surface area contributed by atoms with Crippen LogP contribution in [0.5, 0.6) is 0 Å². The number of alkyl carbamates (subject to hydrolysis) is 1. The van der Waals surface area contributed by atoms with E-state index in [2.05, 4.69) is 39.1 Å². The molecular formula is C18H32BNO2. The minimum absolute atomic E-state index is 0.136. The van der Waals surface area contributed by atoms with Gasteiger partial charge < -0.3 is 10.1 Å². The lowest BCUT2D eigenvalue weighted by molar-refractivity contribution is 0.0514. The SMILES string of the molecule is CC(C)(C)OC(=O)NC1C=C(B2CC(C)(C)C(C)(C)C2)CC1. The second-order valence-electron chi connectivity index (χ2n) is 9.41. The van der Waals surface area contributed by atoms with Crippen molar-refractivity contribution in [3.05, 3.63) is 11.5 Å². The molecule has 4 heteroatoms. The fraction of sp³-hybridized carbons (Fsp3) is 0.833. The van der Waals surface area contributed by atoms with Crippen LogP contribution in [0.25, 0.3) is 0 Å². The molecule has 3 nitrogen and oxygen atoms in total. The van der Waals surface area contributed by atoms with Gasteiger partial charge in [-0.15, -0.1) is 5.47 Å². The van der Waals surface area contributed by atoms with E-state index in [4.69, 9.17) is 4.74 Å². The minimum atomic E-state index is -0.436. The number of carbonyl (C=O) groups is 1. The van der Waals surface area contributed by atoms with Gasteiger partial charge in [-0.05, 0) is 44.4 Å². The predicted octanol–water partition coefficient (Wildman–Crippen LogP) is 4.70. The zero-order chi connectivity index (χ0) is 16.8. The number of rotatable bonds is 2. The highest BCUT2D eigenvalue weighted by Gasteiger charge is 2.49. The van der Waals surface area contributed by atoms with Crippen molar-refractivity contribution in [2.75, 3.05) is 0 Å². The van der Waals surface area contributed by atoms with E-state index in [0.29, 0.717) is 17.5 Å². The van der Waals surface area contributed by atoms with Gasteiger partial charge in [0.2, 0.25) is 0 Å². The van der Waals surface area contributed by atoms with Crippen molar-refractivity contribution in [3.8, 4) is 0 Å². The first-order chi connectivity index (χ1) is 9.90. The lowest BCUT2D eigenvalue weighted by Gasteiger charge is -2.35. The number of nitrogens with one attached hydrogen (secondary N) is 1. The van der Waals surface area contributed by atoms with E-state index >= 15 is 0 Å². The van der Waals surface area contributed by atoms with Crippen molar-refractivity contribution in [2.45, 2.75) is 85.6 Å². The zero-order valence-electron chi connectivity index (χ0n) is 15.4. The number of ether oxygens (including phenoxy) is 1. The molecule has 0 aromatic rings. The minimum Gasteiger partial charge on any atom is -0.444 e. The van der Waals surface area contributed by atoms with Crippen LogP contribution in [0.1, 0.15) is 61.3 Å². The van der Waals surface area contributed by atoms with Crippen molar-refractivity contribution in [2.24, 2.45) is 10.8 Å². The number of carbonyl (C=O) groups excluding carboxylic acids is 1. The van der Waals surface area contributed by atoms with Gasteiger partial charge in [-0.25, -0.2) is 4.79 Å². The molecule has 1 fully saturated rings. The summed E-state index contributed by atoms with van der Waals surface area (Å²) in [6.07, 6.45) is 6.60. The van der Waals surface area contributed by atoms with Crippen LogP contribution >= 0.6 is 0 Å². The molecule has 0 aromatic heterocycles. The van der Waals surface area contributed by atoms with Crippen LogP contribution in [-0.4, -0.2) is 24.4 Å². The lowest BCUT2D eigenvalue weighted by atomic mass is 9.41.